The Bertz CT molecular complexity index is 2300. The zero-order chi connectivity index (χ0) is 42.9. The Morgan fingerprint density at radius 1 is 0.387 bits per heavy atom. The van der Waals surface area contributed by atoms with Crippen LogP contribution in [-0.4, -0.2) is 50.6 Å². The molecule has 2 atom stereocenters. The Hall–Kier alpha value is -6.28. The molecule has 0 saturated carbocycles. The van der Waals surface area contributed by atoms with E-state index in [4.69, 9.17) is 28.4 Å². The van der Waals surface area contributed by atoms with Gasteiger partial charge in [-0.1, -0.05) is 174 Å². The lowest BCUT2D eigenvalue weighted by Crippen LogP contribution is -2.31. The predicted octanol–water partition coefficient (Wildman–Crippen LogP) is 13.0. The molecule has 62 heavy (non-hydrogen) atoms. The van der Waals surface area contributed by atoms with Gasteiger partial charge in [0.2, 0.25) is 0 Å². The number of ether oxygens (including phenoxy) is 6. The number of rotatable bonds is 24. The molecule has 7 aromatic rings. The fourth-order valence-electron chi connectivity index (χ4n) is 7.83. The summed E-state index contributed by atoms with van der Waals surface area (Å²) < 4.78 is 38.3. The first-order valence-corrected chi connectivity index (χ1v) is 22.3. The smallest absolute Gasteiger partial charge is 0.306 e. The van der Waals surface area contributed by atoms with Crippen molar-refractivity contribution in [2.24, 2.45) is 0 Å². The van der Waals surface area contributed by atoms with E-state index in [2.05, 4.69) is 13.8 Å². The molecule has 8 nitrogen and oxygen atoms in total. The van der Waals surface area contributed by atoms with Crippen molar-refractivity contribution in [3.8, 4) is 23.0 Å². The van der Waals surface area contributed by atoms with Crippen LogP contribution in [-0.2, 0) is 19.1 Å². The van der Waals surface area contributed by atoms with E-state index < -0.39 is 12.2 Å². The molecule has 0 spiro atoms. The third kappa shape index (κ3) is 11.5. The first kappa shape index (κ1) is 43.8. The van der Waals surface area contributed by atoms with Gasteiger partial charge in [-0.05, 0) is 35.7 Å². The summed E-state index contributed by atoms with van der Waals surface area (Å²) in [6.45, 7) is 4.67. The van der Waals surface area contributed by atoms with Gasteiger partial charge in [-0.2, -0.15) is 0 Å². The van der Waals surface area contributed by atoms with Crippen LogP contribution in [0.2, 0.25) is 0 Å². The van der Waals surface area contributed by atoms with E-state index in [9.17, 15) is 9.59 Å². The van der Waals surface area contributed by atoms with E-state index in [1.54, 1.807) is 0 Å². The molecule has 0 saturated heterocycles. The Morgan fingerprint density at radius 2 is 0.726 bits per heavy atom. The van der Waals surface area contributed by atoms with Gasteiger partial charge in [-0.3, -0.25) is 9.59 Å². The summed E-state index contributed by atoms with van der Waals surface area (Å²) in [7, 11) is 0. The van der Waals surface area contributed by atoms with Crippen molar-refractivity contribution < 1.29 is 38.0 Å². The lowest BCUT2D eigenvalue weighted by atomic mass is 10.0. The Balaban J connectivity index is 1.13. The topological polar surface area (TPSA) is 89.5 Å². The summed E-state index contributed by atoms with van der Waals surface area (Å²) in [6, 6.07) is 43.9. The summed E-state index contributed by atoms with van der Waals surface area (Å²) in [5.74, 6) is 2.18. The summed E-state index contributed by atoms with van der Waals surface area (Å²) in [4.78, 5) is 26.4. The second-order valence-electron chi connectivity index (χ2n) is 15.8. The van der Waals surface area contributed by atoms with Gasteiger partial charge in [0.25, 0.3) is 0 Å². The van der Waals surface area contributed by atoms with Gasteiger partial charge >= 0.3 is 11.9 Å². The molecule has 0 radical (unpaired) electrons. The monoisotopic (exact) mass is 834 g/mol. The maximum absolute atomic E-state index is 13.2. The van der Waals surface area contributed by atoms with E-state index in [1.165, 1.54) is 0 Å². The molecule has 0 aliphatic carbocycles. The zero-order valence-corrected chi connectivity index (χ0v) is 36.0. The first-order valence-electron chi connectivity index (χ1n) is 22.3. The molecule has 7 aromatic carbocycles. The number of hydrogen-bond acceptors (Lipinski definition) is 8. The average Bonchev–Trinajstić information content (AvgIpc) is 3.31. The largest absolute Gasteiger partial charge is 0.489 e. The second-order valence-corrected chi connectivity index (χ2v) is 15.8. The number of fused-ring (bicyclic) bond motifs is 4. The lowest BCUT2D eigenvalue weighted by molar-refractivity contribution is -0.153. The third-order valence-corrected chi connectivity index (χ3v) is 11.1. The second kappa shape index (κ2) is 22.5. The summed E-state index contributed by atoms with van der Waals surface area (Å²) in [5, 5.41) is 7.42. The van der Waals surface area contributed by atoms with Crippen molar-refractivity contribution >= 4 is 55.0 Å². The highest BCUT2D eigenvalue weighted by molar-refractivity contribution is 6.11. The molecule has 322 valence electrons. The van der Waals surface area contributed by atoms with E-state index in [0.29, 0.717) is 35.8 Å². The van der Waals surface area contributed by atoms with Crippen LogP contribution in [0.3, 0.4) is 0 Å². The number of carbonyl (C=O) groups excluding carboxylic acids is 2. The van der Waals surface area contributed by atoms with Gasteiger partial charge in [0.1, 0.15) is 49.4 Å². The molecule has 0 aromatic heterocycles. The van der Waals surface area contributed by atoms with Crippen LogP contribution in [0.4, 0.5) is 0 Å². The van der Waals surface area contributed by atoms with Crippen molar-refractivity contribution in [3.05, 3.63) is 133 Å². The number of esters is 2. The van der Waals surface area contributed by atoms with Crippen LogP contribution in [0.25, 0.3) is 43.1 Å². The molecule has 0 bridgehead atoms. The van der Waals surface area contributed by atoms with Crippen molar-refractivity contribution in [1.29, 1.82) is 0 Å². The Labute approximate surface area is 365 Å². The van der Waals surface area contributed by atoms with Gasteiger partial charge in [-0.15, -0.1) is 0 Å². The molecular weight excluding hydrogens is 777 g/mol. The zero-order valence-electron chi connectivity index (χ0n) is 36.0. The lowest BCUT2D eigenvalue weighted by Gasteiger charge is -2.23. The van der Waals surface area contributed by atoms with Crippen LogP contribution < -0.4 is 18.9 Å². The maximum Gasteiger partial charge on any atom is 0.306 e. The van der Waals surface area contributed by atoms with Crippen molar-refractivity contribution in [1.82, 2.24) is 0 Å². The molecule has 0 amide bonds. The van der Waals surface area contributed by atoms with Gasteiger partial charge in [-0.25, -0.2) is 0 Å². The van der Waals surface area contributed by atoms with E-state index >= 15 is 0 Å². The maximum atomic E-state index is 13.2. The van der Waals surface area contributed by atoms with Gasteiger partial charge in [0.05, 0.1) is 0 Å². The fourth-order valence-corrected chi connectivity index (χ4v) is 7.83. The van der Waals surface area contributed by atoms with Crippen molar-refractivity contribution in [2.75, 3.05) is 26.4 Å². The van der Waals surface area contributed by atoms with Crippen LogP contribution in [0.15, 0.2) is 133 Å². The van der Waals surface area contributed by atoms with Gasteiger partial charge in [0, 0.05) is 45.2 Å². The van der Waals surface area contributed by atoms with E-state index in [-0.39, 0.29) is 38.4 Å². The van der Waals surface area contributed by atoms with E-state index in [1.807, 2.05) is 133 Å². The van der Waals surface area contributed by atoms with Crippen molar-refractivity contribution in [3.63, 3.8) is 0 Å². The number of hydrogen-bond donors (Lipinski definition) is 0. The molecule has 8 heteroatoms. The molecule has 0 N–H and O–H groups in total. The normalized spacial score (nSPS) is 12.3. The Kier molecular flexibility index (Phi) is 15.9. The van der Waals surface area contributed by atoms with E-state index in [0.717, 1.165) is 94.5 Å². The summed E-state index contributed by atoms with van der Waals surface area (Å²) >= 11 is 0. The minimum Gasteiger partial charge on any atom is -0.489 e. The highest BCUT2D eigenvalue weighted by Gasteiger charge is 2.23. The number of carbonyl (C=O) groups is 2. The number of benzene rings is 7. The average molecular weight is 835 g/mol. The molecule has 2 unspecified atom stereocenters. The fraction of sp³-hybridized carbons (Fsp3) is 0.333. The van der Waals surface area contributed by atoms with Crippen LogP contribution in [0, 0.1) is 0 Å². The van der Waals surface area contributed by atoms with Crippen molar-refractivity contribution in [2.45, 2.75) is 90.3 Å². The first-order chi connectivity index (χ1) is 30.5. The highest BCUT2D eigenvalue weighted by Crippen LogP contribution is 2.43. The van der Waals surface area contributed by atoms with Crippen LogP contribution in [0.5, 0.6) is 23.0 Å². The number of unbranched alkanes of at least 4 members (excludes halogenated alkanes) is 6. The molecule has 7 rings (SSSR count). The quantitative estimate of drug-likeness (QED) is 0.0338. The summed E-state index contributed by atoms with van der Waals surface area (Å²) in [5.41, 5.74) is 0. The SMILES string of the molecule is CCCCCCC(=O)OC(COc1cccc2ccccc12)COc1c2ccccc2c(OCC(COc2cccc3ccccc23)OC(=O)CCCCCC)c2ccccc12. The predicted molar refractivity (Wildman–Crippen MR) is 249 cm³/mol. The molecule has 0 aliphatic rings. The van der Waals surface area contributed by atoms with Gasteiger partial charge in [0.15, 0.2) is 12.2 Å². The molecule has 0 heterocycles. The Morgan fingerprint density at radius 3 is 1.11 bits per heavy atom. The highest BCUT2D eigenvalue weighted by atomic mass is 16.6. The molecular formula is C54H58O8. The third-order valence-electron chi connectivity index (χ3n) is 11.1. The minimum atomic E-state index is -0.680. The molecule has 0 fully saturated rings. The molecule has 0 aliphatic heterocycles. The van der Waals surface area contributed by atoms with Crippen LogP contribution >= 0.6 is 0 Å². The summed E-state index contributed by atoms with van der Waals surface area (Å²) in [6.07, 6.45) is 7.14. The van der Waals surface area contributed by atoms with Crippen LogP contribution in [0.1, 0.15) is 78.1 Å². The standard InChI is InChI=1S/C54H58O8/c1-3-5-7-9-33-51(55)61-41(35-57-49-31-19-23-39-21-11-13-25-43(39)49)37-59-53-45-27-15-17-29-47(45)54(48-30-18-16-28-46(48)53)60-38-42(62-52(56)34-10-8-6-4-2)36-58-50-32-20-24-40-22-12-14-26-44(40)50/h11-32,41-42H,3-10,33-38H2,1-2H3. The van der Waals surface area contributed by atoms with Gasteiger partial charge < -0.3 is 28.4 Å². The minimum absolute atomic E-state index is 0.0709.